The first-order valence-electron chi connectivity index (χ1n) is 6.43. The number of fused-ring (bicyclic) bond motifs is 2. The predicted octanol–water partition coefficient (Wildman–Crippen LogP) is 3.25. The highest BCUT2D eigenvalue weighted by molar-refractivity contribution is 5.16. The minimum Gasteiger partial charge on any atom is -0.323 e. The summed E-state index contributed by atoms with van der Waals surface area (Å²) in [5.74, 6) is 0.908. The van der Waals surface area contributed by atoms with Crippen LogP contribution in [0.5, 0.6) is 0 Å². The molecule has 0 spiro atoms. The van der Waals surface area contributed by atoms with Gasteiger partial charge in [0.05, 0.1) is 0 Å². The van der Waals surface area contributed by atoms with Crippen molar-refractivity contribution in [2.24, 2.45) is 16.7 Å². The topological polar surface area (TPSA) is 17.0 Å². The summed E-state index contributed by atoms with van der Waals surface area (Å²) in [7, 11) is 0. The monoisotopic (exact) mass is 218 g/mol. The van der Waals surface area contributed by atoms with Gasteiger partial charge in [0.25, 0.3) is 0 Å². The quantitative estimate of drug-likeness (QED) is 0.806. The molecule has 0 amide bonds. The Morgan fingerprint density at radius 3 is 2.38 bits per heavy atom. The van der Waals surface area contributed by atoms with Crippen molar-refractivity contribution in [3.63, 3.8) is 0 Å². The summed E-state index contributed by atoms with van der Waals surface area (Å²) in [5.41, 5.74) is 4.62. The van der Waals surface area contributed by atoms with Crippen LogP contribution in [0.15, 0.2) is 24.5 Å². The lowest BCUT2D eigenvalue weighted by atomic mass is 9.69. The highest BCUT2D eigenvalue weighted by Gasteiger charge is 2.61. The molecule has 0 radical (unpaired) electrons. The van der Waals surface area contributed by atoms with Gasteiger partial charge in [-0.3, -0.25) is 4.68 Å². The molecule has 1 aromatic rings. The van der Waals surface area contributed by atoms with Crippen LogP contribution < -0.4 is 5.43 Å². The summed E-state index contributed by atoms with van der Waals surface area (Å²) < 4.78 is 2.12. The van der Waals surface area contributed by atoms with Gasteiger partial charge in [0.1, 0.15) is 0 Å². The van der Waals surface area contributed by atoms with Crippen LogP contribution in [-0.2, 0) is 0 Å². The van der Waals surface area contributed by atoms with Gasteiger partial charge in [-0.15, -0.1) is 0 Å². The van der Waals surface area contributed by atoms with Gasteiger partial charge >= 0.3 is 0 Å². The van der Waals surface area contributed by atoms with Crippen LogP contribution in [0.2, 0.25) is 0 Å². The maximum Gasteiger partial charge on any atom is 0.0485 e. The largest absolute Gasteiger partial charge is 0.323 e. The van der Waals surface area contributed by atoms with E-state index in [0.29, 0.717) is 16.9 Å². The van der Waals surface area contributed by atoms with Crippen molar-refractivity contribution in [2.75, 3.05) is 5.43 Å². The number of hydrogen-bond donors (Lipinski definition) is 1. The van der Waals surface area contributed by atoms with Crippen molar-refractivity contribution in [3.8, 4) is 0 Å². The number of nitrogens with zero attached hydrogens (tertiary/aromatic N) is 1. The predicted molar refractivity (Wildman–Crippen MR) is 66.8 cm³/mol. The number of hydrogen-bond acceptors (Lipinski definition) is 1. The molecule has 0 saturated heterocycles. The molecule has 3 atom stereocenters. The zero-order valence-corrected chi connectivity index (χ0v) is 10.5. The van der Waals surface area contributed by atoms with Gasteiger partial charge in [-0.1, -0.05) is 20.8 Å². The highest BCUT2D eigenvalue weighted by Crippen LogP contribution is 2.65. The van der Waals surface area contributed by atoms with Crippen molar-refractivity contribution >= 4 is 0 Å². The summed E-state index contributed by atoms with van der Waals surface area (Å²) in [4.78, 5) is 0. The molecule has 2 heteroatoms. The molecule has 88 valence electrons. The Labute approximate surface area is 98.0 Å². The molecule has 1 N–H and O–H groups in total. The van der Waals surface area contributed by atoms with Crippen LogP contribution in [0.3, 0.4) is 0 Å². The van der Waals surface area contributed by atoms with Crippen LogP contribution in [0.1, 0.15) is 40.0 Å². The lowest BCUT2D eigenvalue weighted by Gasteiger charge is -2.39. The molecule has 2 saturated carbocycles. The van der Waals surface area contributed by atoms with E-state index < -0.39 is 0 Å². The van der Waals surface area contributed by atoms with E-state index in [-0.39, 0.29) is 0 Å². The van der Waals surface area contributed by atoms with Gasteiger partial charge in [0.15, 0.2) is 0 Å². The van der Waals surface area contributed by atoms with Crippen LogP contribution in [0.25, 0.3) is 0 Å². The Kier molecular flexibility index (Phi) is 1.96. The summed E-state index contributed by atoms with van der Waals surface area (Å²) in [6, 6.07) is 4.79. The fourth-order valence-corrected chi connectivity index (χ4v) is 4.00. The second-order valence-electron chi connectivity index (χ2n) is 6.38. The fourth-order valence-electron chi connectivity index (χ4n) is 4.00. The number of aromatic nitrogens is 1. The fraction of sp³-hybridized carbons (Fsp3) is 0.714. The molecule has 2 fully saturated rings. The third-order valence-electron chi connectivity index (χ3n) is 5.70. The van der Waals surface area contributed by atoms with Crippen molar-refractivity contribution in [3.05, 3.63) is 24.5 Å². The average molecular weight is 218 g/mol. The molecule has 1 heterocycles. The smallest absolute Gasteiger partial charge is 0.0485 e. The summed E-state index contributed by atoms with van der Waals surface area (Å²) in [6.45, 7) is 7.39. The highest BCUT2D eigenvalue weighted by atomic mass is 15.4. The van der Waals surface area contributed by atoms with Gasteiger partial charge in [-0.05, 0) is 48.1 Å². The van der Waals surface area contributed by atoms with E-state index in [1.54, 1.807) is 0 Å². The van der Waals surface area contributed by atoms with Crippen molar-refractivity contribution < 1.29 is 0 Å². The van der Waals surface area contributed by atoms with E-state index in [2.05, 4.69) is 55.4 Å². The molecule has 0 aromatic carbocycles. The van der Waals surface area contributed by atoms with Gasteiger partial charge in [-0.2, -0.15) is 0 Å². The number of rotatable bonds is 2. The molecule has 2 nitrogen and oxygen atoms in total. The maximum absolute atomic E-state index is 3.67. The van der Waals surface area contributed by atoms with Crippen LogP contribution in [0.4, 0.5) is 0 Å². The van der Waals surface area contributed by atoms with E-state index in [4.69, 9.17) is 0 Å². The molecule has 0 aliphatic heterocycles. The molecular weight excluding hydrogens is 196 g/mol. The molecule has 2 bridgehead atoms. The standard InChI is InChI=1S/C14H22N2/c1-13(2)11-6-7-14(13,3)12(10-11)15-16-8-4-5-9-16/h4-5,8-9,11-12,15H,6-7,10H2,1-3H3. The zero-order chi connectivity index (χ0) is 11.4. The van der Waals surface area contributed by atoms with Crippen molar-refractivity contribution in [2.45, 2.75) is 46.1 Å². The first-order chi connectivity index (χ1) is 7.54. The van der Waals surface area contributed by atoms with Gasteiger partial charge in [-0.25, -0.2) is 0 Å². The first-order valence-corrected chi connectivity index (χ1v) is 6.43. The molecule has 3 unspecified atom stereocenters. The summed E-state index contributed by atoms with van der Waals surface area (Å²) in [5, 5.41) is 0. The Balaban J connectivity index is 1.85. The summed E-state index contributed by atoms with van der Waals surface area (Å²) in [6.07, 6.45) is 8.34. The number of nitrogens with one attached hydrogen (secondary N) is 1. The Hall–Kier alpha value is -0.920. The Morgan fingerprint density at radius 1 is 1.19 bits per heavy atom. The second kappa shape index (κ2) is 3.06. The SMILES string of the molecule is CC1(C)C2CCC1(C)C(Nn1cccc1)C2. The van der Waals surface area contributed by atoms with Gasteiger partial charge < -0.3 is 5.43 Å². The maximum atomic E-state index is 3.67. The summed E-state index contributed by atoms with van der Waals surface area (Å²) >= 11 is 0. The van der Waals surface area contributed by atoms with E-state index in [9.17, 15) is 0 Å². The zero-order valence-electron chi connectivity index (χ0n) is 10.5. The van der Waals surface area contributed by atoms with Crippen molar-refractivity contribution in [1.82, 2.24) is 4.68 Å². The Morgan fingerprint density at radius 2 is 1.88 bits per heavy atom. The third-order valence-corrected chi connectivity index (χ3v) is 5.70. The van der Waals surface area contributed by atoms with E-state index >= 15 is 0 Å². The molecule has 3 rings (SSSR count). The van der Waals surface area contributed by atoms with Gasteiger partial charge in [0, 0.05) is 18.4 Å². The molecule has 2 aliphatic carbocycles. The van der Waals surface area contributed by atoms with Crippen LogP contribution in [0, 0.1) is 16.7 Å². The van der Waals surface area contributed by atoms with Crippen LogP contribution in [-0.4, -0.2) is 10.7 Å². The first kappa shape index (κ1) is 10.2. The molecular formula is C14H22N2. The average Bonchev–Trinajstić information content (AvgIpc) is 2.84. The Bertz CT molecular complexity index is 379. The van der Waals surface area contributed by atoms with E-state index in [1.807, 2.05) is 0 Å². The normalized spacial score (nSPS) is 40.2. The lowest BCUT2D eigenvalue weighted by molar-refractivity contribution is 0.138. The van der Waals surface area contributed by atoms with E-state index in [1.165, 1.54) is 19.3 Å². The molecule has 1 aromatic heterocycles. The minimum absolute atomic E-state index is 0.460. The minimum atomic E-state index is 0.460. The van der Waals surface area contributed by atoms with E-state index in [0.717, 1.165) is 5.92 Å². The molecule has 16 heavy (non-hydrogen) atoms. The third kappa shape index (κ3) is 1.13. The van der Waals surface area contributed by atoms with Crippen molar-refractivity contribution in [1.29, 1.82) is 0 Å². The lowest BCUT2D eigenvalue weighted by Crippen LogP contribution is -2.42. The molecule has 2 aliphatic rings. The second-order valence-corrected chi connectivity index (χ2v) is 6.38. The van der Waals surface area contributed by atoms with Crippen LogP contribution >= 0.6 is 0 Å². The van der Waals surface area contributed by atoms with Gasteiger partial charge in [0.2, 0.25) is 0 Å².